The van der Waals surface area contributed by atoms with E-state index < -0.39 is 0 Å². The molecule has 7 nitrogen and oxygen atoms in total. The average Bonchev–Trinajstić information content (AvgIpc) is 2.72. The van der Waals surface area contributed by atoms with Gasteiger partial charge in [-0.25, -0.2) is 9.97 Å². The molecule has 1 N–H and O–H groups in total. The van der Waals surface area contributed by atoms with E-state index in [0.717, 1.165) is 18.7 Å². The summed E-state index contributed by atoms with van der Waals surface area (Å²) in [5.74, 6) is 1.15. The van der Waals surface area contributed by atoms with Crippen LogP contribution in [0.4, 0.5) is 5.82 Å². The summed E-state index contributed by atoms with van der Waals surface area (Å²) < 4.78 is 11.1. The monoisotopic (exact) mass is 356 g/mol. The standard InChI is InChI=1S/C19H24N4O3/c1-20-17-12-14(7-9-21-17)5-6-15-13-23(10-11-26-15)19(24)16-4-3-8-22-18(16)25-2/h3-4,7-9,12,15H,5-6,10-11,13H2,1-2H3,(H,20,21). The molecule has 1 fully saturated rings. The van der Waals surface area contributed by atoms with Crippen molar-refractivity contribution in [2.45, 2.75) is 18.9 Å². The van der Waals surface area contributed by atoms with E-state index in [1.165, 1.54) is 12.7 Å². The Labute approximate surface area is 153 Å². The normalized spacial score (nSPS) is 17.0. The summed E-state index contributed by atoms with van der Waals surface area (Å²) in [6, 6.07) is 7.53. The second-order valence-electron chi connectivity index (χ2n) is 6.14. The number of nitrogens with one attached hydrogen (secondary N) is 1. The zero-order valence-electron chi connectivity index (χ0n) is 15.1. The molecule has 138 valence electrons. The number of hydrogen-bond donors (Lipinski definition) is 1. The topological polar surface area (TPSA) is 76.6 Å². The minimum absolute atomic E-state index is 0.0153. The molecule has 3 rings (SSSR count). The van der Waals surface area contributed by atoms with Crippen LogP contribution < -0.4 is 10.1 Å². The van der Waals surface area contributed by atoms with Crippen molar-refractivity contribution < 1.29 is 14.3 Å². The summed E-state index contributed by atoms with van der Waals surface area (Å²) in [6.07, 6.45) is 5.15. The van der Waals surface area contributed by atoms with E-state index in [4.69, 9.17) is 9.47 Å². The van der Waals surface area contributed by atoms with Crippen molar-refractivity contribution in [3.8, 4) is 5.88 Å². The lowest BCUT2D eigenvalue weighted by Crippen LogP contribution is -2.45. The zero-order chi connectivity index (χ0) is 18.4. The van der Waals surface area contributed by atoms with Gasteiger partial charge < -0.3 is 19.7 Å². The molecule has 1 aliphatic heterocycles. The molecular weight excluding hydrogens is 332 g/mol. The quantitative estimate of drug-likeness (QED) is 0.853. The summed E-state index contributed by atoms with van der Waals surface area (Å²) in [5, 5.41) is 3.04. The lowest BCUT2D eigenvalue weighted by atomic mass is 10.1. The van der Waals surface area contributed by atoms with E-state index in [2.05, 4.69) is 15.3 Å². The SMILES string of the molecule is CNc1cc(CCC2CN(C(=O)c3cccnc3OC)CCO2)ccn1. The highest BCUT2D eigenvalue weighted by molar-refractivity contribution is 5.96. The number of hydrogen-bond acceptors (Lipinski definition) is 6. The predicted molar refractivity (Wildman–Crippen MR) is 98.5 cm³/mol. The van der Waals surface area contributed by atoms with E-state index in [-0.39, 0.29) is 12.0 Å². The minimum atomic E-state index is -0.0652. The first-order valence-electron chi connectivity index (χ1n) is 8.74. The number of rotatable bonds is 6. The Balaban J connectivity index is 1.61. The van der Waals surface area contributed by atoms with Crippen LogP contribution in [0.3, 0.4) is 0 Å². The van der Waals surface area contributed by atoms with Gasteiger partial charge in [0.25, 0.3) is 5.91 Å². The first-order chi connectivity index (χ1) is 12.7. The third-order valence-electron chi connectivity index (χ3n) is 4.46. The van der Waals surface area contributed by atoms with Gasteiger partial charge in [0.05, 0.1) is 19.8 Å². The molecule has 1 amide bonds. The van der Waals surface area contributed by atoms with Crippen LogP contribution in [-0.4, -0.2) is 60.7 Å². The van der Waals surface area contributed by atoms with Gasteiger partial charge in [-0.3, -0.25) is 4.79 Å². The van der Waals surface area contributed by atoms with E-state index in [1.54, 1.807) is 24.5 Å². The van der Waals surface area contributed by atoms with Crippen LogP contribution in [0.1, 0.15) is 22.3 Å². The van der Waals surface area contributed by atoms with Crippen LogP contribution in [0, 0.1) is 0 Å². The lowest BCUT2D eigenvalue weighted by Gasteiger charge is -2.33. The van der Waals surface area contributed by atoms with Gasteiger partial charge in [-0.2, -0.15) is 0 Å². The Morgan fingerprint density at radius 3 is 3.08 bits per heavy atom. The Bertz CT molecular complexity index is 753. The number of aromatic nitrogens is 2. The molecule has 0 spiro atoms. The fourth-order valence-electron chi connectivity index (χ4n) is 3.06. The molecule has 0 bridgehead atoms. The van der Waals surface area contributed by atoms with Crippen LogP contribution in [0.2, 0.25) is 0 Å². The number of aryl methyl sites for hydroxylation is 1. The van der Waals surface area contributed by atoms with E-state index in [9.17, 15) is 4.79 Å². The maximum absolute atomic E-state index is 12.8. The van der Waals surface area contributed by atoms with Gasteiger partial charge in [-0.1, -0.05) is 0 Å². The molecule has 0 saturated carbocycles. The molecule has 1 saturated heterocycles. The molecule has 1 aliphatic rings. The third kappa shape index (κ3) is 4.29. The molecule has 0 radical (unpaired) electrons. The Morgan fingerprint density at radius 1 is 1.38 bits per heavy atom. The summed E-state index contributed by atoms with van der Waals surface area (Å²) in [7, 11) is 3.38. The fraction of sp³-hybridized carbons (Fsp3) is 0.421. The lowest BCUT2D eigenvalue weighted by molar-refractivity contribution is -0.0247. The number of methoxy groups -OCH3 is 1. The smallest absolute Gasteiger partial charge is 0.259 e. The van der Waals surface area contributed by atoms with E-state index in [1.807, 2.05) is 24.1 Å². The number of amides is 1. The minimum Gasteiger partial charge on any atom is -0.480 e. The molecule has 0 aromatic carbocycles. The second-order valence-corrected chi connectivity index (χ2v) is 6.14. The number of ether oxygens (including phenoxy) is 2. The van der Waals surface area contributed by atoms with Crippen LogP contribution in [0.25, 0.3) is 0 Å². The number of carbonyl (C=O) groups excluding carboxylic acids is 1. The van der Waals surface area contributed by atoms with E-state index >= 15 is 0 Å². The van der Waals surface area contributed by atoms with Crippen molar-refractivity contribution in [1.29, 1.82) is 0 Å². The van der Waals surface area contributed by atoms with Crippen LogP contribution in [0.15, 0.2) is 36.7 Å². The highest BCUT2D eigenvalue weighted by atomic mass is 16.5. The number of nitrogens with zero attached hydrogens (tertiary/aromatic N) is 3. The molecule has 7 heteroatoms. The van der Waals surface area contributed by atoms with Crippen LogP contribution in [-0.2, 0) is 11.2 Å². The van der Waals surface area contributed by atoms with Crippen molar-refractivity contribution in [2.75, 3.05) is 39.2 Å². The van der Waals surface area contributed by atoms with Gasteiger partial charge in [0.2, 0.25) is 5.88 Å². The van der Waals surface area contributed by atoms with E-state index in [0.29, 0.717) is 31.1 Å². The largest absolute Gasteiger partial charge is 0.480 e. The van der Waals surface area contributed by atoms with Gasteiger partial charge in [-0.15, -0.1) is 0 Å². The fourth-order valence-corrected chi connectivity index (χ4v) is 3.06. The maximum atomic E-state index is 12.8. The summed E-state index contributed by atoms with van der Waals surface area (Å²) >= 11 is 0. The molecule has 1 unspecified atom stereocenters. The van der Waals surface area contributed by atoms with Crippen LogP contribution in [0.5, 0.6) is 5.88 Å². The molecule has 0 aliphatic carbocycles. The zero-order valence-corrected chi connectivity index (χ0v) is 15.1. The summed E-state index contributed by atoms with van der Waals surface area (Å²) in [5.41, 5.74) is 1.69. The van der Waals surface area contributed by atoms with Gasteiger partial charge in [0.15, 0.2) is 0 Å². The highest BCUT2D eigenvalue weighted by Crippen LogP contribution is 2.20. The van der Waals surface area contributed by atoms with Crippen LogP contribution >= 0.6 is 0 Å². The Kier molecular flexibility index (Phi) is 6.01. The second kappa shape index (κ2) is 8.62. The summed E-state index contributed by atoms with van der Waals surface area (Å²) in [4.78, 5) is 23.0. The molecular formula is C19H24N4O3. The highest BCUT2D eigenvalue weighted by Gasteiger charge is 2.27. The molecule has 2 aromatic heterocycles. The van der Waals surface area contributed by atoms with Gasteiger partial charge in [-0.05, 0) is 42.7 Å². The van der Waals surface area contributed by atoms with Crippen molar-refractivity contribution >= 4 is 11.7 Å². The summed E-state index contributed by atoms with van der Waals surface area (Å²) in [6.45, 7) is 1.69. The number of morpholine rings is 1. The number of carbonyl (C=O) groups is 1. The van der Waals surface area contributed by atoms with Gasteiger partial charge >= 0.3 is 0 Å². The van der Waals surface area contributed by atoms with Crippen molar-refractivity contribution in [3.05, 3.63) is 47.8 Å². The number of pyridine rings is 2. The first-order valence-corrected chi connectivity index (χ1v) is 8.74. The molecule has 1 atom stereocenters. The Morgan fingerprint density at radius 2 is 2.27 bits per heavy atom. The maximum Gasteiger partial charge on any atom is 0.259 e. The molecule has 3 heterocycles. The van der Waals surface area contributed by atoms with Crippen molar-refractivity contribution in [1.82, 2.24) is 14.9 Å². The third-order valence-corrected chi connectivity index (χ3v) is 4.46. The van der Waals surface area contributed by atoms with Gasteiger partial charge in [0, 0.05) is 32.5 Å². The molecule has 2 aromatic rings. The average molecular weight is 356 g/mol. The van der Waals surface area contributed by atoms with Gasteiger partial charge in [0.1, 0.15) is 11.4 Å². The predicted octanol–water partition coefficient (Wildman–Crippen LogP) is 2.00. The van der Waals surface area contributed by atoms with Crippen molar-refractivity contribution in [3.63, 3.8) is 0 Å². The first kappa shape index (κ1) is 18.1. The van der Waals surface area contributed by atoms with Crippen molar-refractivity contribution in [2.24, 2.45) is 0 Å². The number of anilines is 1. The Hall–Kier alpha value is -2.67. The molecule has 26 heavy (non-hydrogen) atoms.